The molecule has 0 radical (unpaired) electrons. The van der Waals surface area contributed by atoms with Crippen molar-refractivity contribution >= 4 is 46.2 Å². The molecule has 2 aromatic heterocycles. The van der Waals surface area contributed by atoms with E-state index in [-0.39, 0.29) is 5.15 Å². The summed E-state index contributed by atoms with van der Waals surface area (Å²) in [5, 5.41) is 12.9. The van der Waals surface area contributed by atoms with Crippen LogP contribution in [-0.4, -0.2) is 45.1 Å². The number of thioether (sulfide) groups is 1. The van der Waals surface area contributed by atoms with Crippen LogP contribution >= 0.6 is 35.1 Å². The summed E-state index contributed by atoms with van der Waals surface area (Å²) in [5.74, 6) is 1.13. The lowest BCUT2D eigenvalue weighted by atomic mass is 10.2. The van der Waals surface area contributed by atoms with Gasteiger partial charge in [0.05, 0.1) is 30.8 Å². The number of hydrogen-bond acceptors (Lipinski definition) is 8. The molecule has 0 fully saturated rings. The van der Waals surface area contributed by atoms with Gasteiger partial charge in [-0.25, -0.2) is 15.0 Å². The van der Waals surface area contributed by atoms with Crippen LogP contribution in [-0.2, 0) is 0 Å². The van der Waals surface area contributed by atoms with Crippen molar-refractivity contribution in [3.63, 3.8) is 0 Å². The molecule has 1 aliphatic heterocycles. The van der Waals surface area contributed by atoms with Gasteiger partial charge in [0.2, 0.25) is 0 Å². The zero-order valence-corrected chi connectivity index (χ0v) is 15.9. The van der Waals surface area contributed by atoms with Crippen molar-refractivity contribution in [1.82, 2.24) is 19.5 Å². The van der Waals surface area contributed by atoms with Crippen LogP contribution in [0.15, 0.2) is 27.5 Å². The summed E-state index contributed by atoms with van der Waals surface area (Å²) in [6, 6.07) is 3.56. The Hall–Kier alpha value is -1.68. The molecular weight excluding hydrogens is 384 g/mol. The number of methoxy groups -OCH3 is 2. The fourth-order valence-electron chi connectivity index (χ4n) is 2.71. The average molecular weight is 397 g/mol. The average Bonchev–Trinajstić information content (AvgIpc) is 2.97. The molecule has 0 amide bonds. The van der Waals surface area contributed by atoms with E-state index >= 15 is 0 Å². The number of fused-ring (bicyclic) bond motifs is 4. The molecular formula is C15H13ClN4O3S2. The van der Waals surface area contributed by atoms with E-state index in [2.05, 4.69) is 15.0 Å². The van der Waals surface area contributed by atoms with E-state index in [1.807, 2.05) is 6.26 Å². The van der Waals surface area contributed by atoms with Crippen LogP contribution in [0, 0.1) is 0 Å². The Labute approximate surface area is 156 Å². The highest BCUT2D eigenvalue weighted by molar-refractivity contribution is 7.99. The quantitative estimate of drug-likeness (QED) is 0.410. The lowest BCUT2D eigenvalue weighted by Gasteiger charge is -2.24. The number of aromatic nitrogens is 4. The molecule has 0 bridgehead atoms. The highest BCUT2D eigenvalue weighted by Gasteiger charge is 2.32. The Morgan fingerprint density at radius 1 is 1.20 bits per heavy atom. The van der Waals surface area contributed by atoms with Crippen molar-refractivity contribution in [2.45, 2.75) is 21.6 Å². The number of rotatable bonds is 3. The van der Waals surface area contributed by atoms with E-state index < -0.39 is 6.23 Å². The van der Waals surface area contributed by atoms with Gasteiger partial charge in [0, 0.05) is 12.1 Å². The van der Waals surface area contributed by atoms with E-state index in [1.54, 1.807) is 30.9 Å². The molecule has 7 nitrogen and oxygen atoms in total. The van der Waals surface area contributed by atoms with E-state index in [0.717, 1.165) is 0 Å². The third kappa shape index (κ3) is 2.53. The Balaban J connectivity index is 1.94. The van der Waals surface area contributed by atoms with Crippen molar-refractivity contribution in [2.75, 3.05) is 20.5 Å². The normalized spacial score (nSPS) is 15.8. The number of ether oxygens (including phenoxy) is 2. The second-order valence-electron chi connectivity index (χ2n) is 5.16. The van der Waals surface area contributed by atoms with Crippen molar-refractivity contribution in [2.24, 2.45) is 0 Å². The maximum atomic E-state index is 10.9. The predicted octanol–water partition coefficient (Wildman–Crippen LogP) is 3.22. The highest BCUT2D eigenvalue weighted by atomic mass is 35.5. The summed E-state index contributed by atoms with van der Waals surface area (Å²) in [6.45, 7) is 0. The number of aliphatic hydroxyl groups is 1. The predicted molar refractivity (Wildman–Crippen MR) is 96.1 cm³/mol. The molecule has 0 saturated carbocycles. The Morgan fingerprint density at radius 2 is 1.92 bits per heavy atom. The Kier molecular flexibility index (Phi) is 4.19. The first-order valence-electron chi connectivity index (χ1n) is 7.18. The molecule has 130 valence electrons. The lowest BCUT2D eigenvalue weighted by Crippen LogP contribution is -2.18. The van der Waals surface area contributed by atoms with Crippen LogP contribution < -0.4 is 9.47 Å². The number of aliphatic hydroxyl groups excluding tert-OH is 1. The van der Waals surface area contributed by atoms with Gasteiger partial charge in [-0.05, 0) is 18.0 Å². The van der Waals surface area contributed by atoms with Gasteiger partial charge in [-0.2, -0.15) is 0 Å². The zero-order chi connectivity index (χ0) is 17.7. The summed E-state index contributed by atoms with van der Waals surface area (Å²) in [7, 11) is 3.13. The first-order chi connectivity index (χ1) is 12.1. The monoisotopic (exact) mass is 396 g/mol. The van der Waals surface area contributed by atoms with E-state index in [9.17, 15) is 5.11 Å². The molecule has 0 spiro atoms. The molecule has 1 unspecified atom stereocenters. The summed E-state index contributed by atoms with van der Waals surface area (Å²) >= 11 is 9.03. The highest BCUT2D eigenvalue weighted by Crippen LogP contribution is 2.45. The summed E-state index contributed by atoms with van der Waals surface area (Å²) in [4.78, 5) is 13.3. The standard InChI is InChI=1S/C15H13ClN4O3S2/c1-22-8-4-6-7(5-9(8)23-2)20-13(21)10-11(16)18-14(24-3)19-12(10)25-15(20)17-6/h4-5,13,21H,1-3H3. The summed E-state index contributed by atoms with van der Waals surface area (Å²) in [5.41, 5.74) is 1.87. The van der Waals surface area contributed by atoms with Crippen LogP contribution in [0.4, 0.5) is 0 Å². The molecule has 1 aromatic carbocycles. The van der Waals surface area contributed by atoms with E-state index in [0.29, 0.717) is 43.4 Å². The van der Waals surface area contributed by atoms with Gasteiger partial charge >= 0.3 is 0 Å². The van der Waals surface area contributed by atoms with Crippen molar-refractivity contribution < 1.29 is 14.6 Å². The fourth-order valence-corrected chi connectivity index (χ4v) is 4.57. The molecule has 3 heterocycles. The van der Waals surface area contributed by atoms with Gasteiger partial charge in [0.1, 0.15) is 10.2 Å². The third-order valence-electron chi connectivity index (χ3n) is 3.88. The smallest absolute Gasteiger partial charge is 0.189 e. The van der Waals surface area contributed by atoms with Gasteiger partial charge in [0.25, 0.3) is 0 Å². The summed E-state index contributed by atoms with van der Waals surface area (Å²) < 4.78 is 12.4. The molecule has 10 heteroatoms. The van der Waals surface area contributed by atoms with Crippen LogP contribution in [0.3, 0.4) is 0 Å². The lowest BCUT2D eigenvalue weighted by molar-refractivity contribution is 0.134. The largest absolute Gasteiger partial charge is 0.493 e. The van der Waals surface area contributed by atoms with Gasteiger partial charge in [-0.3, -0.25) is 4.57 Å². The van der Waals surface area contributed by atoms with Crippen molar-refractivity contribution in [3.8, 4) is 11.5 Å². The number of halogens is 1. The molecule has 1 N–H and O–H groups in total. The second-order valence-corrected chi connectivity index (χ2v) is 7.24. The third-order valence-corrected chi connectivity index (χ3v) is 5.69. The maximum Gasteiger partial charge on any atom is 0.189 e. The molecule has 4 rings (SSSR count). The maximum absolute atomic E-state index is 10.9. The molecule has 0 saturated heterocycles. The van der Waals surface area contributed by atoms with Gasteiger partial charge in [0.15, 0.2) is 28.0 Å². The number of nitrogens with zero attached hydrogens (tertiary/aromatic N) is 4. The zero-order valence-electron chi connectivity index (χ0n) is 13.5. The van der Waals surface area contributed by atoms with Crippen LogP contribution in [0.1, 0.15) is 11.8 Å². The number of hydrogen-bond donors (Lipinski definition) is 1. The van der Waals surface area contributed by atoms with Crippen molar-refractivity contribution in [1.29, 1.82) is 0 Å². The van der Waals surface area contributed by atoms with Crippen molar-refractivity contribution in [3.05, 3.63) is 22.8 Å². The minimum absolute atomic E-state index is 0.238. The van der Waals surface area contributed by atoms with Crippen LogP contribution in [0.25, 0.3) is 11.0 Å². The van der Waals surface area contributed by atoms with E-state index in [4.69, 9.17) is 21.1 Å². The van der Waals surface area contributed by atoms with Gasteiger partial charge in [-0.15, -0.1) is 0 Å². The molecule has 1 atom stereocenters. The number of benzene rings is 1. The molecule has 25 heavy (non-hydrogen) atoms. The SMILES string of the molecule is COc1cc2nc3n(c2cc1OC)C(O)c1c(Cl)nc(SC)nc1S3. The van der Waals surface area contributed by atoms with Gasteiger partial charge in [-0.1, -0.05) is 23.4 Å². The van der Waals surface area contributed by atoms with Gasteiger partial charge < -0.3 is 14.6 Å². The second kappa shape index (κ2) is 6.24. The molecule has 1 aliphatic rings. The first-order valence-corrected chi connectivity index (χ1v) is 9.60. The molecule has 3 aromatic rings. The topological polar surface area (TPSA) is 82.3 Å². The molecule has 0 aliphatic carbocycles. The van der Waals surface area contributed by atoms with E-state index in [1.165, 1.54) is 23.5 Å². The Bertz CT molecular complexity index is 995. The summed E-state index contributed by atoms with van der Waals surface area (Å²) in [6.07, 6.45) is 0.841. The minimum atomic E-state index is -1.03. The minimum Gasteiger partial charge on any atom is -0.493 e. The van der Waals surface area contributed by atoms with Crippen LogP contribution in [0.2, 0.25) is 5.15 Å². The first kappa shape index (κ1) is 16.8. The fraction of sp³-hybridized carbons (Fsp3) is 0.267. The van der Waals surface area contributed by atoms with Crippen LogP contribution in [0.5, 0.6) is 11.5 Å². The number of imidazole rings is 1. The Morgan fingerprint density at radius 3 is 2.60 bits per heavy atom.